The van der Waals surface area contributed by atoms with Crippen molar-refractivity contribution in [1.29, 1.82) is 0 Å². The van der Waals surface area contributed by atoms with Gasteiger partial charge in [0.15, 0.2) is 0 Å². The second-order valence-corrected chi connectivity index (χ2v) is 5.90. The molecule has 0 amide bonds. The summed E-state index contributed by atoms with van der Waals surface area (Å²) in [6, 6.07) is 12.8. The van der Waals surface area contributed by atoms with Crippen molar-refractivity contribution in [2.24, 2.45) is 5.73 Å². The van der Waals surface area contributed by atoms with Gasteiger partial charge in [0.1, 0.15) is 4.99 Å². The molecule has 1 aliphatic rings. The summed E-state index contributed by atoms with van der Waals surface area (Å²) in [6.45, 7) is 2.84. The Hall–Kier alpha value is -1.65. The molecule has 3 rings (SSSR count). The first kappa shape index (κ1) is 14.3. The number of anilines is 1. The van der Waals surface area contributed by atoms with Crippen LogP contribution in [0.2, 0.25) is 0 Å². The number of benzene rings is 2. The number of thiocarbonyl (C=S) groups is 1. The van der Waals surface area contributed by atoms with E-state index in [1.165, 1.54) is 5.39 Å². The van der Waals surface area contributed by atoms with E-state index in [2.05, 4.69) is 23.5 Å². The van der Waals surface area contributed by atoms with Gasteiger partial charge in [-0.15, -0.1) is 0 Å². The number of nitrogens with one attached hydrogen (secondary N) is 1. The van der Waals surface area contributed by atoms with Gasteiger partial charge in [0.05, 0.1) is 6.10 Å². The van der Waals surface area contributed by atoms with Crippen LogP contribution in [-0.4, -0.2) is 23.7 Å². The quantitative estimate of drug-likeness (QED) is 0.830. The van der Waals surface area contributed by atoms with E-state index < -0.39 is 0 Å². The van der Waals surface area contributed by atoms with Gasteiger partial charge < -0.3 is 15.8 Å². The third-order valence-electron chi connectivity index (χ3n) is 4.05. The molecule has 0 bridgehead atoms. The minimum absolute atomic E-state index is 0.412. The van der Waals surface area contributed by atoms with Crippen molar-refractivity contribution in [3.05, 3.63) is 42.0 Å². The van der Waals surface area contributed by atoms with Crippen molar-refractivity contribution in [1.82, 2.24) is 0 Å². The Kier molecular flexibility index (Phi) is 4.08. The molecule has 1 aliphatic carbocycles. The summed E-state index contributed by atoms with van der Waals surface area (Å²) in [7, 11) is 0. The highest BCUT2D eigenvalue weighted by Gasteiger charge is 2.29. The fourth-order valence-corrected chi connectivity index (χ4v) is 3.09. The number of hydrogen-bond donors (Lipinski definition) is 2. The van der Waals surface area contributed by atoms with Crippen molar-refractivity contribution in [3.8, 4) is 0 Å². The summed E-state index contributed by atoms with van der Waals surface area (Å²) in [6.07, 6.45) is 2.55. The maximum Gasteiger partial charge on any atom is 0.104 e. The van der Waals surface area contributed by atoms with E-state index in [9.17, 15) is 0 Å². The lowest BCUT2D eigenvalue weighted by atomic mass is 9.88. The SMILES string of the molecule is CCOC1CC(Nc2ccc(C(N)=S)c3ccccc23)C1. The van der Waals surface area contributed by atoms with E-state index in [4.69, 9.17) is 22.7 Å². The molecule has 1 saturated carbocycles. The highest BCUT2D eigenvalue weighted by Crippen LogP contribution is 2.31. The van der Waals surface area contributed by atoms with Crippen LogP contribution in [0.1, 0.15) is 25.3 Å². The van der Waals surface area contributed by atoms with Gasteiger partial charge in [-0.25, -0.2) is 0 Å². The number of hydrogen-bond acceptors (Lipinski definition) is 3. The second kappa shape index (κ2) is 6.00. The minimum Gasteiger partial charge on any atom is -0.389 e. The monoisotopic (exact) mass is 300 g/mol. The molecule has 4 heteroatoms. The minimum atomic E-state index is 0.412. The molecule has 3 N–H and O–H groups in total. The topological polar surface area (TPSA) is 47.3 Å². The Morgan fingerprint density at radius 1 is 1.24 bits per heavy atom. The summed E-state index contributed by atoms with van der Waals surface area (Å²) in [4.78, 5) is 0.442. The maximum atomic E-state index is 5.81. The normalized spacial score (nSPS) is 21.0. The van der Waals surface area contributed by atoms with E-state index in [1.54, 1.807) is 0 Å². The lowest BCUT2D eigenvalue weighted by Crippen LogP contribution is -2.40. The summed E-state index contributed by atoms with van der Waals surface area (Å²) < 4.78 is 5.61. The van der Waals surface area contributed by atoms with Gasteiger partial charge in [0.2, 0.25) is 0 Å². The van der Waals surface area contributed by atoms with E-state index >= 15 is 0 Å². The summed E-state index contributed by atoms with van der Waals surface area (Å²) >= 11 is 5.14. The van der Waals surface area contributed by atoms with Crippen LogP contribution in [0.25, 0.3) is 10.8 Å². The molecule has 0 saturated heterocycles. The smallest absolute Gasteiger partial charge is 0.104 e. The first-order valence-corrected chi connectivity index (χ1v) is 7.79. The van der Waals surface area contributed by atoms with Crippen LogP contribution < -0.4 is 11.1 Å². The predicted octanol–water partition coefficient (Wildman–Crippen LogP) is 3.45. The number of fused-ring (bicyclic) bond motifs is 1. The van der Waals surface area contributed by atoms with Crippen molar-refractivity contribution >= 4 is 33.7 Å². The molecule has 1 fully saturated rings. The van der Waals surface area contributed by atoms with Crippen LogP contribution >= 0.6 is 12.2 Å². The predicted molar refractivity (Wildman–Crippen MR) is 91.9 cm³/mol. The standard InChI is InChI=1S/C17H20N2OS/c1-2-20-12-9-11(10-12)19-16-8-7-15(17(18)21)13-5-3-4-6-14(13)16/h3-8,11-12,19H,2,9-10H2,1H3,(H2,18,21). The average molecular weight is 300 g/mol. The van der Waals surface area contributed by atoms with E-state index in [0.717, 1.165) is 36.1 Å². The zero-order valence-electron chi connectivity index (χ0n) is 12.1. The third kappa shape index (κ3) is 2.87. The molecular formula is C17H20N2OS. The molecule has 0 aliphatic heterocycles. The fraction of sp³-hybridized carbons (Fsp3) is 0.353. The lowest BCUT2D eigenvalue weighted by molar-refractivity contribution is 0.00302. The van der Waals surface area contributed by atoms with Gasteiger partial charge in [-0.1, -0.05) is 36.5 Å². The van der Waals surface area contributed by atoms with Crippen LogP contribution in [0.4, 0.5) is 5.69 Å². The fourth-order valence-electron chi connectivity index (χ4n) is 2.91. The van der Waals surface area contributed by atoms with E-state index in [-0.39, 0.29) is 0 Å². The van der Waals surface area contributed by atoms with Gasteiger partial charge in [-0.3, -0.25) is 0 Å². The Morgan fingerprint density at radius 3 is 2.62 bits per heavy atom. The Labute approximate surface area is 130 Å². The molecule has 0 unspecified atom stereocenters. The summed E-state index contributed by atoms with van der Waals surface area (Å²) in [5, 5.41) is 5.89. The molecule has 0 heterocycles. The molecule has 0 spiro atoms. The first-order chi connectivity index (χ1) is 10.2. The summed E-state index contributed by atoms with van der Waals surface area (Å²) in [5.74, 6) is 0. The Bertz CT molecular complexity index is 665. The van der Waals surface area contributed by atoms with Crippen molar-refractivity contribution in [2.45, 2.75) is 31.9 Å². The molecule has 0 radical (unpaired) electrons. The molecule has 2 aromatic carbocycles. The lowest BCUT2D eigenvalue weighted by Gasteiger charge is -2.36. The highest BCUT2D eigenvalue weighted by atomic mass is 32.1. The van der Waals surface area contributed by atoms with Gasteiger partial charge >= 0.3 is 0 Å². The zero-order valence-corrected chi connectivity index (χ0v) is 13.0. The molecule has 110 valence electrons. The summed E-state index contributed by atoms with van der Waals surface area (Å²) in [5.41, 5.74) is 7.90. The van der Waals surface area contributed by atoms with Crippen LogP contribution in [-0.2, 0) is 4.74 Å². The van der Waals surface area contributed by atoms with E-state index in [1.807, 2.05) is 25.1 Å². The highest BCUT2D eigenvalue weighted by molar-refractivity contribution is 7.80. The first-order valence-electron chi connectivity index (χ1n) is 7.38. The maximum absolute atomic E-state index is 5.81. The van der Waals surface area contributed by atoms with Gasteiger partial charge in [0.25, 0.3) is 0 Å². The van der Waals surface area contributed by atoms with Crippen LogP contribution in [0.15, 0.2) is 36.4 Å². The van der Waals surface area contributed by atoms with Crippen molar-refractivity contribution < 1.29 is 4.74 Å². The Balaban J connectivity index is 1.84. The molecule has 2 aromatic rings. The average Bonchev–Trinajstić information content (AvgIpc) is 2.45. The largest absolute Gasteiger partial charge is 0.389 e. The Morgan fingerprint density at radius 2 is 1.95 bits per heavy atom. The number of rotatable bonds is 5. The number of nitrogens with two attached hydrogens (primary N) is 1. The van der Waals surface area contributed by atoms with Crippen LogP contribution in [0, 0.1) is 0 Å². The zero-order chi connectivity index (χ0) is 14.8. The van der Waals surface area contributed by atoms with Gasteiger partial charge in [-0.2, -0.15) is 0 Å². The molecule has 0 aromatic heterocycles. The number of ether oxygens (including phenoxy) is 1. The third-order valence-corrected chi connectivity index (χ3v) is 4.27. The van der Waals surface area contributed by atoms with Gasteiger partial charge in [0, 0.05) is 29.3 Å². The molecule has 0 atom stereocenters. The van der Waals surface area contributed by atoms with Gasteiger partial charge in [-0.05, 0) is 37.3 Å². The molecular weight excluding hydrogens is 280 g/mol. The van der Waals surface area contributed by atoms with Crippen molar-refractivity contribution in [3.63, 3.8) is 0 Å². The van der Waals surface area contributed by atoms with E-state index in [0.29, 0.717) is 17.1 Å². The molecule has 21 heavy (non-hydrogen) atoms. The van der Waals surface area contributed by atoms with Crippen LogP contribution in [0.3, 0.4) is 0 Å². The van der Waals surface area contributed by atoms with Crippen LogP contribution in [0.5, 0.6) is 0 Å². The molecule has 3 nitrogen and oxygen atoms in total. The second-order valence-electron chi connectivity index (χ2n) is 5.46. The van der Waals surface area contributed by atoms with Crippen molar-refractivity contribution in [2.75, 3.05) is 11.9 Å².